The summed E-state index contributed by atoms with van der Waals surface area (Å²) in [4.78, 5) is 12.3. The van der Waals surface area contributed by atoms with Crippen LogP contribution in [0.2, 0.25) is 0 Å². The fourth-order valence-corrected chi connectivity index (χ4v) is 2.89. The molecule has 27 heavy (non-hydrogen) atoms. The Kier molecular flexibility index (Phi) is 4.77. The molecular weight excluding hydrogens is 341 g/mol. The van der Waals surface area contributed by atoms with Gasteiger partial charge in [0, 0.05) is 11.6 Å². The van der Waals surface area contributed by atoms with Gasteiger partial charge in [-0.2, -0.15) is 0 Å². The first kappa shape index (κ1) is 19.7. The van der Waals surface area contributed by atoms with Crippen LogP contribution < -0.4 is 0 Å². The van der Waals surface area contributed by atoms with Crippen LogP contribution in [0.3, 0.4) is 0 Å². The van der Waals surface area contributed by atoms with Gasteiger partial charge in [-0.05, 0) is 72.2 Å². The maximum atomic E-state index is 12.3. The number of hydrogen-bond acceptors (Lipinski definition) is 4. The maximum absolute atomic E-state index is 12.3. The Morgan fingerprint density at radius 3 is 2.33 bits per heavy atom. The van der Waals surface area contributed by atoms with E-state index < -0.39 is 5.60 Å². The standard InChI is InChI=1S/C21H28BNO4/c1-19(2,3)25-18(24)23-13-11-16-14-15(8-9-17(16)23)10-12-22-26-20(4,5)21(6,7)27-22/h8-14H,1-7H3/b12-10+. The Hall–Kier alpha value is -2.05. The van der Waals surface area contributed by atoms with E-state index in [1.54, 1.807) is 6.20 Å². The number of hydrogen-bond donors (Lipinski definition) is 0. The SMILES string of the molecule is CC(C)(C)OC(=O)n1ccc2cc(/C=C/B3OC(C)(C)C(C)(C)O3)ccc21. The van der Waals surface area contributed by atoms with Crippen LogP contribution in [0, 0.1) is 0 Å². The first-order valence-electron chi connectivity index (χ1n) is 9.26. The van der Waals surface area contributed by atoms with E-state index in [0.717, 1.165) is 16.5 Å². The lowest BCUT2D eigenvalue weighted by atomic mass is 9.89. The molecule has 144 valence electrons. The Balaban J connectivity index is 1.78. The molecule has 0 saturated carbocycles. The van der Waals surface area contributed by atoms with Crippen molar-refractivity contribution in [3.8, 4) is 0 Å². The summed E-state index contributed by atoms with van der Waals surface area (Å²) in [5, 5.41) is 0.969. The molecule has 0 radical (unpaired) electrons. The quantitative estimate of drug-likeness (QED) is 0.694. The number of fused-ring (bicyclic) bond motifs is 1. The first-order valence-corrected chi connectivity index (χ1v) is 9.26. The topological polar surface area (TPSA) is 49.7 Å². The van der Waals surface area contributed by atoms with Crippen molar-refractivity contribution < 1.29 is 18.8 Å². The largest absolute Gasteiger partial charge is 0.487 e. The lowest BCUT2D eigenvalue weighted by molar-refractivity contribution is 0.00578. The molecule has 0 N–H and O–H groups in total. The highest BCUT2D eigenvalue weighted by atomic mass is 16.7. The molecule has 1 aliphatic heterocycles. The summed E-state index contributed by atoms with van der Waals surface area (Å²) in [7, 11) is -0.378. The van der Waals surface area contributed by atoms with E-state index in [4.69, 9.17) is 14.0 Å². The molecule has 1 fully saturated rings. The summed E-state index contributed by atoms with van der Waals surface area (Å²) in [6.07, 6.45) is 3.34. The predicted octanol–water partition coefficient (Wildman–Crippen LogP) is 5.07. The van der Waals surface area contributed by atoms with E-state index in [2.05, 4.69) is 0 Å². The van der Waals surface area contributed by atoms with Crippen LogP contribution in [0.25, 0.3) is 17.0 Å². The molecule has 0 atom stereocenters. The molecule has 1 saturated heterocycles. The van der Waals surface area contributed by atoms with E-state index in [-0.39, 0.29) is 24.4 Å². The Morgan fingerprint density at radius 1 is 1.11 bits per heavy atom. The van der Waals surface area contributed by atoms with Crippen LogP contribution in [0.5, 0.6) is 0 Å². The van der Waals surface area contributed by atoms with E-state index in [9.17, 15) is 4.79 Å². The van der Waals surface area contributed by atoms with Crippen LogP contribution in [0.1, 0.15) is 54.0 Å². The van der Waals surface area contributed by atoms with Crippen molar-refractivity contribution in [2.75, 3.05) is 0 Å². The average Bonchev–Trinajstić information content (AvgIpc) is 3.01. The zero-order chi connectivity index (χ0) is 20.0. The van der Waals surface area contributed by atoms with Gasteiger partial charge in [0.15, 0.2) is 0 Å². The maximum Gasteiger partial charge on any atom is 0.487 e. The summed E-state index contributed by atoms with van der Waals surface area (Å²) >= 11 is 0. The van der Waals surface area contributed by atoms with E-state index in [0.29, 0.717) is 0 Å². The smallest absolute Gasteiger partial charge is 0.443 e. The van der Waals surface area contributed by atoms with Gasteiger partial charge in [0.25, 0.3) is 0 Å². The molecule has 0 bridgehead atoms. The minimum atomic E-state index is -0.529. The van der Waals surface area contributed by atoms with Gasteiger partial charge >= 0.3 is 13.2 Å². The summed E-state index contributed by atoms with van der Waals surface area (Å²) in [5.41, 5.74) is 0.600. The highest BCUT2D eigenvalue weighted by Crippen LogP contribution is 2.37. The lowest BCUT2D eigenvalue weighted by Crippen LogP contribution is -2.41. The van der Waals surface area contributed by atoms with Gasteiger partial charge in [-0.3, -0.25) is 4.57 Å². The van der Waals surface area contributed by atoms with E-state index in [1.807, 2.05) is 84.8 Å². The second kappa shape index (κ2) is 6.53. The first-order chi connectivity index (χ1) is 12.4. The predicted molar refractivity (Wildman–Crippen MR) is 109 cm³/mol. The van der Waals surface area contributed by atoms with Crippen molar-refractivity contribution in [3.63, 3.8) is 0 Å². The number of rotatable bonds is 2. The minimum absolute atomic E-state index is 0.351. The molecule has 3 rings (SSSR count). The Morgan fingerprint density at radius 2 is 1.74 bits per heavy atom. The molecule has 5 nitrogen and oxygen atoms in total. The molecule has 6 heteroatoms. The number of nitrogens with zero attached hydrogens (tertiary/aromatic N) is 1. The monoisotopic (exact) mass is 369 g/mol. The molecule has 1 aromatic carbocycles. The fourth-order valence-electron chi connectivity index (χ4n) is 2.89. The number of ether oxygens (including phenoxy) is 1. The lowest BCUT2D eigenvalue weighted by Gasteiger charge is -2.32. The third kappa shape index (κ3) is 4.12. The summed E-state index contributed by atoms with van der Waals surface area (Å²) in [6.45, 7) is 13.7. The molecule has 0 spiro atoms. The van der Waals surface area contributed by atoms with Crippen molar-refractivity contribution in [1.82, 2.24) is 4.57 Å². The molecular formula is C21H28BNO4. The van der Waals surface area contributed by atoms with Gasteiger partial charge < -0.3 is 14.0 Å². The molecule has 2 heterocycles. The van der Waals surface area contributed by atoms with Crippen LogP contribution >= 0.6 is 0 Å². The molecule has 0 amide bonds. The highest BCUT2D eigenvalue weighted by molar-refractivity contribution is 6.52. The van der Waals surface area contributed by atoms with Crippen LogP contribution in [-0.4, -0.2) is 34.6 Å². The average molecular weight is 369 g/mol. The normalized spacial score (nSPS) is 19.1. The molecule has 1 aromatic heterocycles. The number of aromatic nitrogens is 1. The van der Waals surface area contributed by atoms with Gasteiger partial charge in [-0.15, -0.1) is 0 Å². The molecule has 0 aliphatic carbocycles. The summed E-state index contributed by atoms with van der Waals surface area (Å²) in [5.74, 6) is 1.92. The van der Waals surface area contributed by atoms with Crippen molar-refractivity contribution in [1.29, 1.82) is 0 Å². The van der Waals surface area contributed by atoms with E-state index in [1.165, 1.54) is 4.57 Å². The molecule has 0 unspecified atom stereocenters. The minimum Gasteiger partial charge on any atom is -0.443 e. The Labute approximate surface area is 161 Å². The second-order valence-electron chi connectivity index (χ2n) is 8.97. The van der Waals surface area contributed by atoms with Gasteiger partial charge in [-0.1, -0.05) is 18.1 Å². The second-order valence-corrected chi connectivity index (χ2v) is 8.97. The van der Waals surface area contributed by atoms with Crippen molar-refractivity contribution in [3.05, 3.63) is 42.0 Å². The van der Waals surface area contributed by atoms with Gasteiger partial charge in [0.1, 0.15) is 5.60 Å². The highest BCUT2D eigenvalue weighted by Gasteiger charge is 2.49. The van der Waals surface area contributed by atoms with Crippen molar-refractivity contribution in [2.45, 2.75) is 65.3 Å². The third-order valence-corrected chi connectivity index (χ3v) is 5.02. The fraction of sp³-hybridized carbons (Fsp3) is 0.476. The van der Waals surface area contributed by atoms with Gasteiger partial charge in [-0.25, -0.2) is 4.79 Å². The van der Waals surface area contributed by atoms with Crippen molar-refractivity contribution >= 4 is 30.2 Å². The van der Waals surface area contributed by atoms with Crippen molar-refractivity contribution in [2.24, 2.45) is 0 Å². The van der Waals surface area contributed by atoms with Gasteiger partial charge in [0.05, 0.1) is 16.7 Å². The number of carbonyl (C=O) groups is 1. The molecule has 2 aromatic rings. The van der Waals surface area contributed by atoms with E-state index >= 15 is 0 Å². The summed E-state index contributed by atoms with van der Waals surface area (Å²) < 4.78 is 18.9. The third-order valence-electron chi connectivity index (χ3n) is 5.02. The number of benzene rings is 1. The van der Waals surface area contributed by atoms with Crippen LogP contribution in [-0.2, 0) is 14.0 Å². The summed E-state index contributed by atoms with van der Waals surface area (Å²) in [6, 6.07) is 7.82. The van der Waals surface area contributed by atoms with Gasteiger partial charge in [0.2, 0.25) is 0 Å². The zero-order valence-electron chi connectivity index (χ0n) is 17.2. The molecule has 1 aliphatic rings. The van der Waals surface area contributed by atoms with Crippen LogP contribution in [0.4, 0.5) is 4.79 Å². The zero-order valence-corrected chi connectivity index (χ0v) is 17.2. The van der Waals surface area contributed by atoms with Crippen LogP contribution in [0.15, 0.2) is 36.4 Å². The Bertz CT molecular complexity index is 873. The number of carbonyl (C=O) groups excluding carboxylic acids is 1.